The average Bonchev–Trinajstić information content (AvgIpc) is 2.65. The number of benzene rings is 3. The van der Waals surface area contributed by atoms with E-state index < -0.39 is 0 Å². The van der Waals surface area contributed by atoms with Crippen LogP contribution in [0.25, 0.3) is 0 Å². The Bertz CT molecular complexity index is 920. The molecule has 0 radical (unpaired) electrons. The van der Waals surface area contributed by atoms with E-state index in [9.17, 15) is 9.59 Å². The smallest absolute Gasteiger partial charge is 0.257 e. The lowest BCUT2D eigenvalue weighted by molar-refractivity contribution is -0.115. The molecule has 2 amide bonds. The maximum absolute atomic E-state index is 12.6. The van der Waals surface area contributed by atoms with E-state index in [1.54, 1.807) is 24.3 Å². The van der Waals surface area contributed by atoms with Crippen molar-refractivity contribution in [1.82, 2.24) is 0 Å². The minimum absolute atomic E-state index is 0.153. The molecule has 0 unspecified atom stereocenters. The van der Waals surface area contributed by atoms with Crippen molar-refractivity contribution in [2.24, 2.45) is 0 Å². The van der Waals surface area contributed by atoms with Gasteiger partial charge in [0.2, 0.25) is 5.91 Å². The third-order valence-electron chi connectivity index (χ3n) is 4.09. The Morgan fingerprint density at radius 2 is 1.42 bits per heavy atom. The average molecular weight is 344 g/mol. The van der Waals surface area contributed by atoms with Gasteiger partial charge in [0.05, 0.1) is 17.7 Å². The van der Waals surface area contributed by atoms with Gasteiger partial charge in [0.1, 0.15) is 0 Å². The van der Waals surface area contributed by atoms with Gasteiger partial charge in [0.25, 0.3) is 5.91 Å². The molecule has 0 aliphatic rings. The molecule has 2 N–H and O–H groups in total. The van der Waals surface area contributed by atoms with Gasteiger partial charge < -0.3 is 10.6 Å². The second-order valence-electron chi connectivity index (χ2n) is 6.02. The number of carbonyl (C=O) groups is 2. The van der Waals surface area contributed by atoms with Gasteiger partial charge in [-0.25, -0.2) is 0 Å². The van der Waals surface area contributed by atoms with Gasteiger partial charge in [0.15, 0.2) is 0 Å². The lowest BCUT2D eigenvalue weighted by Crippen LogP contribution is -2.19. The molecular weight excluding hydrogens is 324 g/mol. The Labute approximate surface area is 152 Å². The molecule has 0 aliphatic heterocycles. The Morgan fingerprint density at radius 3 is 2.19 bits per heavy atom. The van der Waals surface area contributed by atoms with E-state index >= 15 is 0 Å². The summed E-state index contributed by atoms with van der Waals surface area (Å²) in [5, 5.41) is 5.69. The fourth-order valence-corrected chi connectivity index (χ4v) is 2.69. The number of rotatable bonds is 5. The van der Waals surface area contributed by atoms with Crippen LogP contribution >= 0.6 is 0 Å². The number of para-hydroxylation sites is 2. The third-order valence-corrected chi connectivity index (χ3v) is 4.09. The topological polar surface area (TPSA) is 58.2 Å². The molecule has 0 aliphatic carbocycles. The highest BCUT2D eigenvalue weighted by atomic mass is 16.2. The van der Waals surface area contributed by atoms with Crippen LogP contribution in [0, 0.1) is 6.92 Å². The molecule has 0 aromatic heterocycles. The highest BCUT2D eigenvalue weighted by Gasteiger charge is 2.14. The summed E-state index contributed by atoms with van der Waals surface area (Å²) >= 11 is 0. The van der Waals surface area contributed by atoms with E-state index in [-0.39, 0.29) is 18.2 Å². The lowest BCUT2D eigenvalue weighted by Gasteiger charge is -2.12. The van der Waals surface area contributed by atoms with Gasteiger partial charge >= 0.3 is 0 Å². The first-order valence-electron chi connectivity index (χ1n) is 8.43. The molecule has 0 fully saturated rings. The van der Waals surface area contributed by atoms with Crippen molar-refractivity contribution < 1.29 is 9.59 Å². The summed E-state index contributed by atoms with van der Waals surface area (Å²) in [6.07, 6.45) is 0.265. The number of aryl methyl sites for hydroxylation is 1. The summed E-state index contributed by atoms with van der Waals surface area (Å²) in [5.41, 5.74) is 3.67. The van der Waals surface area contributed by atoms with Crippen LogP contribution < -0.4 is 10.6 Å². The molecular formula is C22H20N2O2. The standard InChI is InChI=1S/C22H20N2O2/c1-16-9-5-6-10-17(16)15-21(25)24-20-14-8-7-13-19(20)22(26)23-18-11-3-2-4-12-18/h2-14H,15H2,1H3,(H,23,26)(H,24,25). The number of amides is 2. The van der Waals surface area contributed by atoms with Gasteiger partial charge in [-0.05, 0) is 42.3 Å². The van der Waals surface area contributed by atoms with Crippen molar-refractivity contribution in [2.45, 2.75) is 13.3 Å². The van der Waals surface area contributed by atoms with Gasteiger partial charge in [-0.2, -0.15) is 0 Å². The fraction of sp³-hybridized carbons (Fsp3) is 0.0909. The summed E-state index contributed by atoms with van der Waals surface area (Å²) in [6, 6.07) is 24.0. The van der Waals surface area contributed by atoms with Crippen LogP contribution in [0.1, 0.15) is 21.5 Å². The van der Waals surface area contributed by atoms with Crippen LogP contribution in [0.5, 0.6) is 0 Å². The van der Waals surface area contributed by atoms with Crippen LogP contribution in [-0.2, 0) is 11.2 Å². The molecule has 0 saturated heterocycles. The van der Waals surface area contributed by atoms with E-state index in [1.807, 2.05) is 61.5 Å². The monoisotopic (exact) mass is 344 g/mol. The molecule has 4 nitrogen and oxygen atoms in total. The normalized spacial score (nSPS) is 10.2. The van der Waals surface area contributed by atoms with Crippen molar-refractivity contribution in [1.29, 1.82) is 0 Å². The second-order valence-corrected chi connectivity index (χ2v) is 6.02. The summed E-state index contributed by atoms with van der Waals surface area (Å²) in [7, 11) is 0. The van der Waals surface area contributed by atoms with E-state index in [0.717, 1.165) is 11.1 Å². The summed E-state index contributed by atoms with van der Waals surface area (Å²) in [5.74, 6) is -0.415. The van der Waals surface area contributed by atoms with Crippen molar-refractivity contribution in [3.8, 4) is 0 Å². The van der Waals surface area contributed by atoms with Crippen molar-refractivity contribution in [2.75, 3.05) is 10.6 Å². The van der Waals surface area contributed by atoms with Gasteiger partial charge in [-0.3, -0.25) is 9.59 Å². The predicted molar refractivity (Wildman–Crippen MR) is 104 cm³/mol. The number of carbonyl (C=O) groups excluding carboxylic acids is 2. The number of hydrogen-bond donors (Lipinski definition) is 2. The molecule has 3 aromatic carbocycles. The molecule has 0 heterocycles. The van der Waals surface area contributed by atoms with Crippen LogP contribution in [0.3, 0.4) is 0 Å². The molecule has 0 atom stereocenters. The van der Waals surface area contributed by atoms with E-state index in [0.29, 0.717) is 16.9 Å². The highest BCUT2D eigenvalue weighted by molar-refractivity contribution is 6.10. The zero-order valence-corrected chi connectivity index (χ0v) is 14.5. The molecule has 3 aromatic rings. The number of nitrogens with one attached hydrogen (secondary N) is 2. The van der Waals surface area contributed by atoms with Gasteiger partial charge in [-0.1, -0.05) is 54.6 Å². The first kappa shape index (κ1) is 17.4. The summed E-state index contributed by atoms with van der Waals surface area (Å²) < 4.78 is 0. The van der Waals surface area contributed by atoms with Crippen molar-refractivity contribution in [3.05, 3.63) is 95.6 Å². The first-order chi connectivity index (χ1) is 12.6. The predicted octanol–water partition coefficient (Wildman–Crippen LogP) is 4.43. The van der Waals surface area contributed by atoms with Crippen molar-refractivity contribution in [3.63, 3.8) is 0 Å². The van der Waals surface area contributed by atoms with Gasteiger partial charge in [-0.15, -0.1) is 0 Å². The molecule has 26 heavy (non-hydrogen) atoms. The molecule has 0 spiro atoms. The summed E-state index contributed by atoms with van der Waals surface area (Å²) in [4.78, 5) is 25.0. The van der Waals surface area contributed by atoms with E-state index in [4.69, 9.17) is 0 Å². The molecule has 0 bridgehead atoms. The maximum Gasteiger partial charge on any atom is 0.257 e. The quantitative estimate of drug-likeness (QED) is 0.719. The Balaban J connectivity index is 1.73. The van der Waals surface area contributed by atoms with Gasteiger partial charge in [0, 0.05) is 5.69 Å². The molecule has 130 valence electrons. The highest BCUT2D eigenvalue weighted by Crippen LogP contribution is 2.18. The zero-order chi connectivity index (χ0) is 18.4. The fourth-order valence-electron chi connectivity index (χ4n) is 2.69. The largest absolute Gasteiger partial charge is 0.325 e. The Morgan fingerprint density at radius 1 is 0.769 bits per heavy atom. The van der Waals surface area contributed by atoms with Crippen LogP contribution in [0.15, 0.2) is 78.9 Å². The second kappa shape index (κ2) is 8.12. The van der Waals surface area contributed by atoms with Crippen LogP contribution in [0.4, 0.5) is 11.4 Å². The van der Waals surface area contributed by atoms with Crippen LogP contribution in [-0.4, -0.2) is 11.8 Å². The molecule has 0 saturated carbocycles. The Hall–Kier alpha value is -3.40. The Kier molecular flexibility index (Phi) is 5.44. The third kappa shape index (κ3) is 4.36. The lowest BCUT2D eigenvalue weighted by atomic mass is 10.1. The number of hydrogen-bond acceptors (Lipinski definition) is 2. The maximum atomic E-state index is 12.6. The molecule has 3 rings (SSSR count). The minimum Gasteiger partial charge on any atom is -0.325 e. The minimum atomic E-state index is -0.261. The SMILES string of the molecule is Cc1ccccc1CC(=O)Nc1ccccc1C(=O)Nc1ccccc1. The zero-order valence-electron chi connectivity index (χ0n) is 14.5. The van der Waals surface area contributed by atoms with Crippen molar-refractivity contribution >= 4 is 23.2 Å². The van der Waals surface area contributed by atoms with E-state index in [1.165, 1.54) is 0 Å². The van der Waals surface area contributed by atoms with E-state index in [2.05, 4.69) is 10.6 Å². The number of anilines is 2. The van der Waals surface area contributed by atoms with Crippen LogP contribution in [0.2, 0.25) is 0 Å². The molecule has 4 heteroatoms. The first-order valence-corrected chi connectivity index (χ1v) is 8.43. The summed E-state index contributed by atoms with van der Waals surface area (Å²) in [6.45, 7) is 1.98.